The summed E-state index contributed by atoms with van der Waals surface area (Å²) < 4.78 is 39.1. The highest BCUT2D eigenvalue weighted by atomic mass is 32.1. The molecule has 180 valence electrons. The Hall–Kier alpha value is -1.31. The molecule has 0 aliphatic carbocycles. The first kappa shape index (κ1) is 23.1. The summed E-state index contributed by atoms with van der Waals surface area (Å²) in [4.78, 5) is 4.07. The molecule has 5 nitrogen and oxygen atoms in total. The fourth-order valence-electron chi connectivity index (χ4n) is 4.58. The summed E-state index contributed by atoms with van der Waals surface area (Å²) in [6.45, 7) is 11.1. The summed E-state index contributed by atoms with van der Waals surface area (Å²) in [6.07, 6.45) is -0.828. The first-order valence-corrected chi connectivity index (χ1v) is 14.9. The Bertz CT molecular complexity index is 1180. The van der Waals surface area contributed by atoms with Crippen molar-refractivity contribution >= 4 is 45.7 Å². The largest absolute Gasteiger partial charge is 0.347 e. The molecule has 0 atom stereocenters. The second kappa shape index (κ2) is 8.10. The van der Waals surface area contributed by atoms with Crippen molar-refractivity contribution in [3.05, 3.63) is 52.2 Å². The molecule has 0 bridgehead atoms. The third-order valence-electron chi connectivity index (χ3n) is 6.43. The summed E-state index contributed by atoms with van der Waals surface area (Å²) in [5, 5.41) is 2.65. The van der Waals surface area contributed by atoms with Gasteiger partial charge in [-0.25, -0.2) is 0 Å². The van der Waals surface area contributed by atoms with E-state index in [1.54, 1.807) is 22.7 Å². The lowest BCUT2D eigenvalue weighted by molar-refractivity contribution is -0.224. The van der Waals surface area contributed by atoms with Crippen LogP contribution in [-0.4, -0.2) is 26.4 Å². The molecule has 5 heterocycles. The van der Waals surface area contributed by atoms with Crippen LogP contribution in [-0.2, 0) is 23.5 Å². The summed E-state index contributed by atoms with van der Waals surface area (Å²) in [7, 11) is -3.02. The van der Waals surface area contributed by atoms with Crippen LogP contribution in [0.1, 0.15) is 50.0 Å². The number of ether oxygens (including phenoxy) is 4. The Balaban J connectivity index is 1.42. The maximum Gasteiger partial charge on any atom is 0.193 e. The van der Waals surface area contributed by atoms with Gasteiger partial charge >= 0.3 is 0 Å². The highest BCUT2D eigenvalue weighted by Gasteiger charge is 2.46. The minimum atomic E-state index is -3.02. The zero-order valence-corrected chi connectivity index (χ0v) is 22.4. The molecule has 34 heavy (non-hydrogen) atoms. The van der Waals surface area contributed by atoms with Gasteiger partial charge in [0, 0.05) is 26.7 Å². The van der Waals surface area contributed by atoms with Crippen molar-refractivity contribution in [2.75, 3.05) is 26.4 Å². The van der Waals surface area contributed by atoms with Gasteiger partial charge in [0.15, 0.2) is 19.7 Å². The molecule has 2 fully saturated rings. The van der Waals surface area contributed by atoms with Gasteiger partial charge < -0.3 is 23.5 Å². The van der Waals surface area contributed by atoms with Crippen molar-refractivity contribution in [1.82, 2.24) is 0 Å². The summed E-state index contributed by atoms with van der Waals surface area (Å²) in [5.74, 6) is 0. The fourth-order valence-corrected chi connectivity index (χ4v) is 11.1. The molecular formula is C26H29O5PS2. The molecule has 3 aromatic rings. The van der Waals surface area contributed by atoms with Crippen LogP contribution < -0.4 is 15.9 Å². The smallest absolute Gasteiger partial charge is 0.193 e. The molecule has 0 amide bonds. The predicted octanol–water partition coefficient (Wildman–Crippen LogP) is 5.57. The van der Waals surface area contributed by atoms with Gasteiger partial charge in [-0.15, -0.1) is 22.7 Å². The average molecular weight is 517 g/mol. The van der Waals surface area contributed by atoms with E-state index >= 15 is 0 Å². The minimum Gasteiger partial charge on any atom is -0.347 e. The van der Waals surface area contributed by atoms with Gasteiger partial charge in [-0.05, 0) is 12.1 Å². The van der Waals surface area contributed by atoms with E-state index < -0.39 is 19.7 Å². The van der Waals surface area contributed by atoms with Crippen LogP contribution in [0.4, 0.5) is 0 Å². The first-order chi connectivity index (χ1) is 16.2. The van der Waals surface area contributed by atoms with Gasteiger partial charge in [-0.3, -0.25) is 0 Å². The average Bonchev–Trinajstić information content (AvgIpc) is 3.48. The Morgan fingerprint density at radius 2 is 1.15 bits per heavy atom. The van der Waals surface area contributed by atoms with Crippen molar-refractivity contribution in [1.29, 1.82) is 0 Å². The molecule has 0 spiro atoms. The summed E-state index contributed by atoms with van der Waals surface area (Å²) in [5.41, 5.74) is 0.000404. The predicted molar refractivity (Wildman–Crippen MR) is 137 cm³/mol. The molecule has 1 aromatic carbocycles. The minimum absolute atomic E-state index is 0.000202. The Morgan fingerprint density at radius 3 is 1.56 bits per heavy atom. The van der Waals surface area contributed by atoms with E-state index in [-0.39, 0.29) is 10.8 Å². The van der Waals surface area contributed by atoms with E-state index in [4.69, 9.17) is 18.9 Å². The molecule has 2 aromatic heterocycles. The Kier molecular flexibility index (Phi) is 5.51. The molecule has 0 radical (unpaired) electrons. The Labute approximate surface area is 208 Å². The lowest BCUT2D eigenvalue weighted by Gasteiger charge is -2.34. The standard InChI is InChI=1S/C26H29O5PS2/c1-25(2)12-28-23(29-13-25)19-10-17-21(33-19)22-18(32(17,27)16-8-6-5-7-9-16)11-20(34-22)24-30-14-26(3,4)15-31-24/h5-11,23-24H,12-15H2,1-4H3. The first-order valence-electron chi connectivity index (χ1n) is 11.6. The van der Waals surface area contributed by atoms with Gasteiger partial charge in [-0.2, -0.15) is 0 Å². The van der Waals surface area contributed by atoms with Crippen molar-refractivity contribution in [2.24, 2.45) is 10.8 Å². The third-order valence-corrected chi connectivity index (χ3v) is 12.3. The second-order valence-corrected chi connectivity index (χ2v) is 15.8. The van der Waals surface area contributed by atoms with Crippen LogP contribution in [0.15, 0.2) is 42.5 Å². The number of thiophene rings is 2. The zero-order valence-electron chi connectivity index (χ0n) is 19.8. The van der Waals surface area contributed by atoms with Crippen LogP contribution in [0.2, 0.25) is 0 Å². The maximum atomic E-state index is 14.9. The van der Waals surface area contributed by atoms with E-state index in [0.29, 0.717) is 26.4 Å². The van der Waals surface area contributed by atoms with Crippen molar-refractivity contribution in [2.45, 2.75) is 40.3 Å². The molecule has 3 aliphatic rings. The molecule has 2 saturated heterocycles. The molecule has 0 N–H and O–H groups in total. The topological polar surface area (TPSA) is 54.0 Å². The third kappa shape index (κ3) is 3.77. The monoisotopic (exact) mass is 516 g/mol. The number of hydrogen-bond donors (Lipinski definition) is 0. The van der Waals surface area contributed by atoms with Crippen LogP contribution in [0.25, 0.3) is 9.75 Å². The van der Waals surface area contributed by atoms with E-state index in [1.807, 2.05) is 30.3 Å². The van der Waals surface area contributed by atoms with Gasteiger partial charge in [0.1, 0.15) is 0 Å². The van der Waals surface area contributed by atoms with Gasteiger partial charge in [0.25, 0.3) is 0 Å². The normalized spacial score (nSPS) is 23.5. The van der Waals surface area contributed by atoms with E-state index in [2.05, 4.69) is 39.8 Å². The lowest BCUT2D eigenvalue weighted by atomic mass is 9.95. The number of benzene rings is 1. The van der Waals surface area contributed by atoms with E-state index in [1.165, 1.54) is 0 Å². The second-order valence-electron chi connectivity index (χ2n) is 10.9. The summed E-state index contributed by atoms with van der Waals surface area (Å²) >= 11 is 3.27. The summed E-state index contributed by atoms with van der Waals surface area (Å²) in [6, 6.07) is 13.9. The molecule has 3 aliphatic heterocycles. The van der Waals surface area contributed by atoms with Crippen molar-refractivity contribution in [3.63, 3.8) is 0 Å². The fraction of sp³-hybridized carbons (Fsp3) is 0.462. The number of fused-ring (bicyclic) bond motifs is 3. The maximum absolute atomic E-state index is 14.9. The highest BCUT2D eigenvalue weighted by molar-refractivity contribution is 7.87. The highest BCUT2D eigenvalue weighted by Crippen LogP contribution is 2.58. The van der Waals surface area contributed by atoms with Crippen LogP contribution in [0, 0.1) is 10.8 Å². The van der Waals surface area contributed by atoms with Crippen molar-refractivity contribution < 1.29 is 23.5 Å². The number of rotatable bonds is 3. The van der Waals surface area contributed by atoms with Crippen LogP contribution in [0.3, 0.4) is 0 Å². The molecular weight excluding hydrogens is 487 g/mol. The molecule has 8 heteroatoms. The van der Waals surface area contributed by atoms with Crippen LogP contribution in [0.5, 0.6) is 0 Å². The quantitative estimate of drug-likeness (QED) is 0.333. The number of hydrogen-bond acceptors (Lipinski definition) is 7. The molecule has 0 saturated carbocycles. The molecule has 6 rings (SSSR count). The van der Waals surface area contributed by atoms with Crippen LogP contribution >= 0.6 is 29.8 Å². The zero-order chi connectivity index (χ0) is 23.7. The van der Waals surface area contributed by atoms with E-state index in [9.17, 15) is 4.57 Å². The molecule has 0 unspecified atom stereocenters. The van der Waals surface area contributed by atoms with Gasteiger partial charge in [0.05, 0.1) is 45.9 Å². The van der Waals surface area contributed by atoms with E-state index in [0.717, 1.165) is 35.4 Å². The SMILES string of the molecule is CC1(C)COC(c2cc3c(s2)-c2sc(C4OCC(C)(C)CO4)cc2P3(=O)c2ccccc2)OC1. The van der Waals surface area contributed by atoms with Gasteiger partial charge in [-0.1, -0.05) is 58.0 Å². The Morgan fingerprint density at radius 1 is 0.735 bits per heavy atom. The van der Waals surface area contributed by atoms with Gasteiger partial charge in [0.2, 0.25) is 0 Å². The van der Waals surface area contributed by atoms with Crippen molar-refractivity contribution in [3.8, 4) is 9.75 Å². The lowest BCUT2D eigenvalue weighted by Crippen LogP contribution is -2.33.